The van der Waals surface area contributed by atoms with E-state index in [2.05, 4.69) is 16.4 Å². The van der Waals surface area contributed by atoms with Crippen molar-refractivity contribution in [3.63, 3.8) is 0 Å². The Balaban J connectivity index is 2.08. The summed E-state index contributed by atoms with van der Waals surface area (Å²) in [6, 6.07) is 6.11. The quantitative estimate of drug-likeness (QED) is 0.896. The smallest absolute Gasteiger partial charge is 0.142 e. The Hall–Kier alpha value is -1.26. The second-order valence-corrected chi connectivity index (χ2v) is 5.59. The molecular weight excluding hydrogens is 268 g/mol. The first-order valence-corrected chi connectivity index (χ1v) is 6.96. The van der Waals surface area contributed by atoms with Crippen LogP contribution in [0, 0.1) is 6.92 Å². The second-order valence-electron chi connectivity index (χ2n) is 3.84. The molecule has 0 radical (unpaired) electrons. The minimum atomic E-state index is 0.653. The van der Waals surface area contributed by atoms with Crippen molar-refractivity contribution >= 4 is 28.6 Å². The number of rotatable bonds is 5. The Morgan fingerprint density at radius 3 is 2.94 bits per heavy atom. The van der Waals surface area contributed by atoms with E-state index in [1.54, 1.807) is 6.20 Å². The lowest BCUT2D eigenvalue weighted by Crippen LogP contribution is -2.02. The third kappa shape index (κ3) is 3.37. The van der Waals surface area contributed by atoms with Crippen molar-refractivity contribution in [1.29, 1.82) is 0 Å². The van der Waals surface area contributed by atoms with Gasteiger partial charge in [-0.05, 0) is 31.5 Å². The van der Waals surface area contributed by atoms with E-state index < -0.39 is 0 Å². The zero-order valence-corrected chi connectivity index (χ0v) is 11.9. The summed E-state index contributed by atoms with van der Waals surface area (Å²) < 4.78 is 6.31. The van der Waals surface area contributed by atoms with Gasteiger partial charge in [0.2, 0.25) is 0 Å². The van der Waals surface area contributed by atoms with Gasteiger partial charge in [0.25, 0.3) is 0 Å². The highest BCUT2D eigenvalue weighted by Gasteiger charge is 2.05. The zero-order chi connectivity index (χ0) is 13.0. The van der Waals surface area contributed by atoms with Gasteiger partial charge in [0.1, 0.15) is 15.1 Å². The Labute approximate surface area is 116 Å². The molecule has 96 valence electrons. The fourth-order valence-corrected chi connectivity index (χ4v) is 2.49. The van der Waals surface area contributed by atoms with Gasteiger partial charge in [-0.2, -0.15) is 0 Å². The summed E-state index contributed by atoms with van der Waals surface area (Å²) in [4.78, 5) is 4.21. The van der Waals surface area contributed by atoms with Crippen molar-refractivity contribution in [3.05, 3.63) is 39.3 Å². The maximum absolute atomic E-state index is 5.85. The maximum Gasteiger partial charge on any atom is 0.142 e. The summed E-state index contributed by atoms with van der Waals surface area (Å²) in [6.45, 7) is 5.33. The molecule has 0 amide bonds. The number of ether oxygens (including phenoxy) is 1. The SMILES string of the molecule is CCOc1cc(C)ccc1NCc1ncc(Cl)s1. The largest absolute Gasteiger partial charge is 0.492 e. The van der Waals surface area contributed by atoms with Crippen LogP contribution >= 0.6 is 22.9 Å². The highest BCUT2D eigenvalue weighted by Crippen LogP contribution is 2.27. The first-order valence-electron chi connectivity index (χ1n) is 5.76. The van der Waals surface area contributed by atoms with Crippen molar-refractivity contribution in [2.75, 3.05) is 11.9 Å². The van der Waals surface area contributed by atoms with Crippen LogP contribution in [0.5, 0.6) is 5.75 Å². The molecule has 0 saturated heterocycles. The van der Waals surface area contributed by atoms with E-state index >= 15 is 0 Å². The molecular formula is C13H15ClN2OS. The van der Waals surface area contributed by atoms with Crippen LogP contribution in [0.1, 0.15) is 17.5 Å². The standard InChI is InChI=1S/C13H15ClN2OS/c1-3-17-11-6-9(2)4-5-10(11)15-8-13-16-7-12(14)18-13/h4-7,15H,3,8H2,1-2H3. The van der Waals surface area contributed by atoms with E-state index in [-0.39, 0.29) is 0 Å². The van der Waals surface area contributed by atoms with Crippen LogP contribution in [0.4, 0.5) is 5.69 Å². The average Bonchev–Trinajstić information content (AvgIpc) is 2.75. The Kier molecular flexibility index (Phi) is 4.44. The summed E-state index contributed by atoms with van der Waals surface area (Å²) in [5.74, 6) is 0.875. The zero-order valence-electron chi connectivity index (χ0n) is 10.4. The number of anilines is 1. The Bertz CT molecular complexity index is 527. The molecule has 18 heavy (non-hydrogen) atoms. The van der Waals surface area contributed by atoms with Crippen molar-refractivity contribution in [2.24, 2.45) is 0 Å². The highest BCUT2D eigenvalue weighted by molar-refractivity contribution is 7.15. The molecule has 0 spiro atoms. The molecule has 1 heterocycles. The minimum absolute atomic E-state index is 0.653. The molecule has 0 saturated carbocycles. The van der Waals surface area contributed by atoms with E-state index in [0.29, 0.717) is 17.5 Å². The van der Waals surface area contributed by atoms with E-state index in [1.807, 2.05) is 26.0 Å². The number of aryl methyl sites for hydroxylation is 1. The van der Waals surface area contributed by atoms with Crippen LogP contribution in [0.3, 0.4) is 0 Å². The van der Waals surface area contributed by atoms with Gasteiger partial charge in [-0.25, -0.2) is 4.98 Å². The average molecular weight is 283 g/mol. The summed E-state index contributed by atoms with van der Waals surface area (Å²) in [5.41, 5.74) is 2.16. The first-order chi connectivity index (χ1) is 8.69. The number of aromatic nitrogens is 1. The molecule has 0 bridgehead atoms. The summed E-state index contributed by atoms with van der Waals surface area (Å²) >= 11 is 7.33. The fraction of sp³-hybridized carbons (Fsp3) is 0.308. The van der Waals surface area contributed by atoms with Gasteiger partial charge in [-0.15, -0.1) is 11.3 Å². The topological polar surface area (TPSA) is 34.1 Å². The molecule has 1 N–H and O–H groups in total. The number of nitrogens with one attached hydrogen (secondary N) is 1. The molecule has 5 heteroatoms. The lowest BCUT2D eigenvalue weighted by molar-refractivity contribution is 0.341. The summed E-state index contributed by atoms with van der Waals surface area (Å²) in [5, 5.41) is 4.28. The highest BCUT2D eigenvalue weighted by atomic mass is 35.5. The molecule has 2 rings (SSSR count). The number of thiazole rings is 1. The predicted molar refractivity (Wildman–Crippen MR) is 76.8 cm³/mol. The van der Waals surface area contributed by atoms with Gasteiger partial charge in [0.05, 0.1) is 25.0 Å². The molecule has 0 unspecified atom stereocenters. The summed E-state index contributed by atoms with van der Waals surface area (Å²) in [6.07, 6.45) is 1.67. The molecule has 1 aromatic carbocycles. The fourth-order valence-electron chi connectivity index (χ4n) is 1.59. The van der Waals surface area contributed by atoms with Crippen LogP contribution in [-0.2, 0) is 6.54 Å². The number of nitrogens with zero attached hydrogens (tertiary/aromatic N) is 1. The Morgan fingerprint density at radius 1 is 1.44 bits per heavy atom. The van der Waals surface area contributed by atoms with Crippen LogP contribution < -0.4 is 10.1 Å². The Morgan fingerprint density at radius 2 is 2.28 bits per heavy atom. The van der Waals surface area contributed by atoms with E-state index in [1.165, 1.54) is 16.9 Å². The van der Waals surface area contributed by atoms with Gasteiger partial charge in [0, 0.05) is 0 Å². The van der Waals surface area contributed by atoms with Gasteiger partial charge < -0.3 is 10.1 Å². The first kappa shape index (κ1) is 13.2. The molecule has 2 aromatic rings. The molecule has 0 atom stereocenters. The van der Waals surface area contributed by atoms with Gasteiger partial charge in [-0.1, -0.05) is 17.7 Å². The number of benzene rings is 1. The maximum atomic E-state index is 5.85. The number of hydrogen-bond donors (Lipinski definition) is 1. The third-order valence-electron chi connectivity index (χ3n) is 2.39. The van der Waals surface area contributed by atoms with Gasteiger partial charge in [-0.3, -0.25) is 0 Å². The molecule has 0 aliphatic rings. The van der Waals surface area contributed by atoms with Crippen molar-refractivity contribution < 1.29 is 4.74 Å². The lowest BCUT2D eigenvalue weighted by atomic mass is 10.2. The predicted octanol–water partition coefficient (Wildman–Crippen LogP) is 4.12. The van der Waals surface area contributed by atoms with Gasteiger partial charge in [0.15, 0.2) is 0 Å². The molecule has 0 fully saturated rings. The van der Waals surface area contributed by atoms with Crippen molar-refractivity contribution in [1.82, 2.24) is 4.98 Å². The normalized spacial score (nSPS) is 10.4. The minimum Gasteiger partial charge on any atom is -0.492 e. The van der Waals surface area contributed by atoms with E-state index in [4.69, 9.17) is 16.3 Å². The van der Waals surface area contributed by atoms with Crippen molar-refractivity contribution in [2.45, 2.75) is 20.4 Å². The summed E-state index contributed by atoms with van der Waals surface area (Å²) in [7, 11) is 0. The lowest BCUT2D eigenvalue weighted by Gasteiger charge is -2.12. The third-order valence-corrected chi connectivity index (χ3v) is 3.51. The van der Waals surface area contributed by atoms with Gasteiger partial charge >= 0.3 is 0 Å². The molecule has 1 aromatic heterocycles. The van der Waals surface area contributed by atoms with Crippen LogP contribution in [0.2, 0.25) is 4.34 Å². The number of hydrogen-bond acceptors (Lipinski definition) is 4. The molecule has 0 aliphatic heterocycles. The molecule has 3 nitrogen and oxygen atoms in total. The van der Waals surface area contributed by atoms with Crippen LogP contribution in [0.15, 0.2) is 24.4 Å². The van der Waals surface area contributed by atoms with Crippen molar-refractivity contribution in [3.8, 4) is 5.75 Å². The number of halogens is 1. The van der Waals surface area contributed by atoms with E-state index in [9.17, 15) is 0 Å². The monoisotopic (exact) mass is 282 g/mol. The van der Waals surface area contributed by atoms with E-state index in [0.717, 1.165) is 16.4 Å². The van der Waals surface area contributed by atoms with Crippen LogP contribution in [0.25, 0.3) is 0 Å². The second kappa shape index (κ2) is 6.07. The van der Waals surface area contributed by atoms with Crippen LogP contribution in [-0.4, -0.2) is 11.6 Å². The molecule has 0 aliphatic carbocycles.